The Morgan fingerprint density at radius 2 is 1.67 bits per heavy atom. The lowest BCUT2D eigenvalue weighted by Gasteiger charge is -2.22. The van der Waals surface area contributed by atoms with Crippen LogP contribution in [0, 0.1) is 11.8 Å². The minimum atomic E-state index is -1.59. The Bertz CT molecular complexity index is 409. The van der Waals surface area contributed by atoms with Gasteiger partial charge in [0.15, 0.2) is 0 Å². The highest BCUT2D eigenvalue weighted by Crippen LogP contribution is 2.40. The number of rotatable bonds is 4. The number of nitrogens with zero attached hydrogens (tertiary/aromatic N) is 1. The van der Waals surface area contributed by atoms with E-state index in [2.05, 4.69) is 0 Å². The number of carbonyl (C=O) groups excluding carboxylic acids is 2. The highest BCUT2D eigenvalue weighted by molar-refractivity contribution is 6.08. The van der Waals surface area contributed by atoms with Gasteiger partial charge in [-0.25, -0.2) is 4.79 Å². The van der Waals surface area contributed by atoms with Crippen molar-refractivity contribution in [1.29, 1.82) is 0 Å². The third-order valence-corrected chi connectivity index (χ3v) is 3.59. The molecular weight excluding hydrogens is 242 g/mol. The quantitative estimate of drug-likeness (QED) is 0.667. The maximum Gasteiger partial charge on any atom is 0.327 e. The van der Waals surface area contributed by atoms with Crippen LogP contribution in [0.15, 0.2) is 0 Å². The summed E-state index contributed by atoms with van der Waals surface area (Å²) in [5, 5.41) is 17.6. The van der Waals surface area contributed by atoms with E-state index in [-0.39, 0.29) is 0 Å². The van der Waals surface area contributed by atoms with Gasteiger partial charge in [-0.1, -0.05) is 6.42 Å². The van der Waals surface area contributed by atoms with Crippen molar-refractivity contribution in [2.24, 2.45) is 11.8 Å². The molecule has 0 radical (unpaired) electrons. The van der Waals surface area contributed by atoms with Gasteiger partial charge in [-0.15, -0.1) is 0 Å². The number of imide groups is 1. The number of fused-ring (bicyclic) bond motifs is 1. The fourth-order valence-electron chi connectivity index (χ4n) is 2.78. The summed E-state index contributed by atoms with van der Waals surface area (Å²) >= 11 is 0. The summed E-state index contributed by atoms with van der Waals surface area (Å²) in [4.78, 5) is 46.2. The summed E-state index contributed by atoms with van der Waals surface area (Å²) in [5.74, 6) is -4.77. The number of amides is 2. The van der Waals surface area contributed by atoms with Gasteiger partial charge < -0.3 is 10.2 Å². The number of carboxylic acids is 2. The third kappa shape index (κ3) is 1.85. The zero-order valence-corrected chi connectivity index (χ0v) is 9.54. The van der Waals surface area contributed by atoms with Gasteiger partial charge in [-0.05, 0) is 12.8 Å². The van der Waals surface area contributed by atoms with Crippen molar-refractivity contribution in [3.63, 3.8) is 0 Å². The number of aliphatic carboxylic acids is 2. The van der Waals surface area contributed by atoms with E-state index in [9.17, 15) is 19.2 Å². The molecule has 0 aromatic heterocycles. The number of likely N-dealkylation sites (tertiary alicyclic amines) is 1. The van der Waals surface area contributed by atoms with Crippen molar-refractivity contribution < 1.29 is 29.4 Å². The molecule has 0 spiro atoms. The van der Waals surface area contributed by atoms with Gasteiger partial charge in [0, 0.05) is 0 Å². The Morgan fingerprint density at radius 3 is 2.06 bits per heavy atom. The van der Waals surface area contributed by atoms with Crippen LogP contribution < -0.4 is 0 Å². The summed E-state index contributed by atoms with van der Waals surface area (Å²) < 4.78 is 0. The van der Waals surface area contributed by atoms with Crippen molar-refractivity contribution in [2.75, 3.05) is 0 Å². The molecule has 3 atom stereocenters. The predicted molar refractivity (Wildman–Crippen MR) is 56.4 cm³/mol. The first-order valence-corrected chi connectivity index (χ1v) is 5.75. The summed E-state index contributed by atoms with van der Waals surface area (Å²) in [6, 6.07) is -1.59. The Balaban J connectivity index is 2.26. The number of carbonyl (C=O) groups is 4. The molecule has 2 fully saturated rings. The topological polar surface area (TPSA) is 112 Å². The third-order valence-electron chi connectivity index (χ3n) is 3.59. The zero-order chi connectivity index (χ0) is 13.4. The second-order valence-corrected chi connectivity index (χ2v) is 4.64. The minimum absolute atomic E-state index is 0.451. The smallest absolute Gasteiger partial charge is 0.327 e. The molecule has 1 aliphatic heterocycles. The lowest BCUT2D eigenvalue weighted by Crippen LogP contribution is -2.46. The summed E-state index contributed by atoms with van der Waals surface area (Å²) in [6.45, 7) is 0. The molecule has 7 nitrogen and oxygen atoms in total. The van der Waals surface area contributed by atoms with Crippen molar-refractivity contribution in [3.05, 3.63) is 0 Å². The van der Waals surface area contributed by atoms with E-state index in [1.807, 2.05) is 0 Å². The normalized spacial score (nSPS) is 28.3. The first-order valence-electron chi connectivity index (χ1n) is 5.75. The molecule has 0 aromatic carbocycles. The second kappa shape index (κ2) is 4.40. The average molecular weight is 255 g/mol. The summed E-state index contributed by atoms with van der Waals surface area (Å²) in [5.41, 5.74) is 0. The molecule has 18 heavy (non-hydrogen) atoms. The fourth-order valence-corrected chi connectivity index (χ4v) is 2.78. The molecule has 7 heteroatoms. The summed E-state index contributed by atoms with van der Waals surface area (Å²) in [6.07, 6.45) is 1.17. The molecule has 2 aliphatic rings. The van der Waals surface area contributed by atoms with Crippen LogP contribution in [0.3, 0.4) is 0 Å². The Hall–Kier alpha value is -1.92. The van der Waals surface area contributed by atoms with Gasteiger partial charge in [0.1, 0.15) is 6.04 Å². The molecule has 3 unspecified atom stereocenters. The number of hydrogen-bond donors (Lipinski definition) is 2. The molecule has 2 rings (SSSR count). The summed E-state index contributed by atoms with van der Waals surface area (Å²) in [7, 11) is 0. The van der Waals surface area contributed by atoms with Crippen LogP contribution in [-0.4, -0.2) is 44.9 Å². The largest absolute Gasteiger partial charge is 0.481 e. The Kier molecular flexibility index (Phi) is 3.06. The Labute approximate surface area is 102 Å². The predicted octanol–water partition coefficient (Wildman–Crippen LogP) is -0.301. The molecule has 0 aromatic rings. The average Bonchev–Trinajstić information content (AvgIpc) is 2.82. The van der Waals surface area contributed by atoms with E-state index in [1.54, 1.807) is 0 Å². The minimum Gasteiger partial charge on any atom is -0.481 e. The molecular formula is C11H13NO6. The first-order chi connectivity index (χ1) is 8.43. The van der Waals surface area contributed by atoms with Crippen molar-refractivity contribution >= 4 is 23.8 Å². The molecule has 1 heterocycles. The standard InChI is InChI=1S/C11H13NO6/c13-8(14)4-7(11(17)18)12-9(15)5-2-1-3-6(5)10(12)16/h5-7H,1-4H2,(H,13,14)(H,17,18). The lowest BCUT2D eigenvalue weighted by atomic mass is 10.00. The Morgan fingerprint density at radius 1 is 1.17 bits per heavy atom. The van der Waals surface area contributed by atoms with Gasteiger partial charge >= 0.3 is 11.9 Å². The van der Waals surface area contributed by atoms with Crippen LogP contribution in [0.5, 0.6) is 0 Å². The fraction of sp³-hybridized carbons (Fsp3) is 0.636. The monoisotopic (exact) mass is 255 g/mol. The van der Waals surface area contributed by atoms with Gasteiger partial charge in [-0.2, -0.15) is 0 Å². The number of carboxylic acid groups (broad SMARTS) is 2. The SMILES string of the molecule is O=C(O)CC(C(=O)O)N1C(=O)C2CCCC2C1=O. The molecule has 1 saturated carbocycles. The van der Waals surface area contributed by atoms with Gasteiger partial charge in [-0.3, -0.25) is 19.3 Å². The molecule has 2 amide bonds. The van der Waals surface area contributed by atoms with Crippen LogP contribution in [-0.2, 0) is 19.2 Å². The van der Waals surface area contributed by atoms with E-state index < -0.39 is 48.1 Å². The highest BCUT2D eigenvalue weighted by Gasteiger charge is 2.53. The van der Waals surface area contributed by atoms with Crippen LogP contribution in [0.2, 0.25) is 0 Å². The molecule has 0 bridgehead atoms. The van der Waals surface area contributed by atoms with Crippen LogP contribution in [0.4, 0.5) is 0 Å². The van der Waals surface area contributed by atoms with Crippen LogP contribution in [0.1, 0.15) is 25.7 Å². The van der Waals surface area contributed by atoms with Crippen molar-refractivity contribution in [1.82, 2.24) is 4.90 Å². The van der Waals surface area contributed by atoms with Crippen molar-refractivity contribution in [3.8, 4) is 0 Å². The van der Waals surface area contributed by atoms with Crippen LogP contribution in [0.25, 0.3) is 0 Å². The maximum atomic E-state index is 12.0. The molecule has 2 N–H and O–H groups in total. The van der Waals surface area contributed by atoms with Gasteiger partial charge in [0.2, 0.25) is 11.8 Å². The van der Waals surface area contributed by atoms with E-state index in [4.69, 9.17) is 10.2 Å². The highest BCUT2D eigenvalue weighted by atomic mass is 16.4. The maximum absolute atomic E-state index is 12.0. The lowest BCUT2D eigenvalue weighted by molar-refractivity contribution is -0.158. The van der Waals surface area contributed by atoms with E-state index >= 15 is 0 Å². The van der Waals surface area contributed by atoms with E-state index in [0.29, 0.717) is 17.7 Å². The van der Waals surface area contributed by atoms with Gasteiger partial charge in [0.05, 0.1) is 18.3 Å². The van der Waals surface area contributed by atoms with Crippen molar-refractivity contribution in [2.45, 2.75) is 31.7 Å². The molecule has 1 aliphatic carbocycles. The van der Waals surface area contributed by atoms with E-state index in [1.165, 1.54) is 0 Å². The number of hydrogen-bond acceptors (Lipinski definition) is 4. The first kappa shape index (κ1) is 12.5. The molecule has 1 saturated heterocycles. The second-order valence-electron chi connectivity index (χ2n) is 4.64. The van der Waals surface area contributed by atoms with E-state index in [0.717, 1.165) is 6.42 Å². The van der Waals surface area contributed by atoms with Gasteiger partial charge in [0.25, 0.3) is 0 Å². The molecule has 98 valence electrons. The zero-order valence-electron chi connectivity index (χ0n) is 9.54. The van der Waals surface area contributed by atoms with Crippen LogP contribution >= 0.6 is 0 Å².